The van der Waals surface area contributed by atoms with Crippen molar-refractivity contribution in [3.8, 4) is 0 Å². The number of carbonyl (C=O) groups excluding carboxylic acids is 2. The smallest absolute Gasteiger partial charge is 0.275 e. The van der Waals surface area contributed by atoms with Crippen LogP contribution in [0.3, 0.4) is 0 Å². The van der Waals surface area contributed by atoms with Crippen LogP contribution in [0.1, 0.15) is 23.3 Å². The van der Waals surface area contributed by atoms with E-state index >= 15 is 0 Å². The Kier molecular flexibility index (Phi) is 2.12. The van der Waals surface area contributed by atoms with E-state index in [9.17, 15) is 9.59 Å². The lowest BCUT2D eigenvalue weighted by atomic mass is 10.3. The maximum absolute atomic E-state index is 11.4. The molecule has 72 valence electrons. The van der Waals surface area contributed by atoms with Crippen LogP contribution in [0.25, 0.3) is 0 Å². The number of aromatic nitrogens is 1. The van der Waals surface area contributed by atoms with Crippen molar-refractivity contribution in [3.05, 3.63) is 12.0 Å². The van der Waals surface area contributed by atoms with Gasteiger partial charge in [-0.05, 0) is 12.8 Å². The Morgan fingerprint density at radius 2 is 2.50 bits per heavy atom. The molecule has 0 aliphatic heterocycles. The zero-order chi connectivity index (χ0) is 9.97. The summed E-state index contributed by atoms with van der Waals surface area (Å²) in [5, 5.41) is 6.16. The quantitative estimate of drug-likeness (QED) is 0.560. The second kappa shape index (κ2) is 3.43. The molecule has 1 amide bonds. The molecule has 0 spiro atoms. The fraction of sp³-hybridized carbons (Fsp3) is 0.375. The molecule has 0 atom stereocenters. The van der Waals surface area contributed by atoms with E-state index in [2.05, 4.69) is 20.0 Å². The summed E-state index contributed by atoms with van der Waals surface area (Å²) < 4.78 is 4.54. The van der Waals surface area contributed by atoms with Crippen LogP contribution in [0, 0.1) is 0 Å². The SMILES string of the molecule is O=C=Nc1conc1C(=O)NC1CC1. The number of hydrogen-bond acceptors (Lipinski definition) is 5. The molecule has 0 saturated heterocycles. The number of carbonyl (C=O) groups is 1. The first-order chi connectivity index (χ1) is 6.81. The lowest BCUT2D eigenvalue weighted by Gasteiger charge is -1.97. The minimum absolute atomic E-state index is 0.0280. The van der Waals surface area contributed by atoms with Crippen LogP contribution in [0.4, 0.5) is 5.69 Å². The lowest BCUT2D eigenvalue weighted by molar-refractivity contribution is 0.0942. The van der Waals surface area contributed by atoms with Crippen LogP contribution in [0.2, 0.25) is 0 Å². The third kappa shape index (κ3) is 1.70. The summed E-state index contributed by atoms with van der Waals surface area (Å²) in [6.07, 6.45) is 4.43. The van der Waals surface area contributed by atoms with Crippen molar-refractivity contribution in [1.29, 1.82) is 0 Å². The van der Waals surface area contributed by atoms with Crippen molar-refractivity contribution < 1.29 is 14.1 Å². The number of amides is 1. The Bertz CT molecular complexity index is 402. The molecule has 1 N–H and O–H groups in total. The second-order valence-corrected chi connectivity index (χ2v) is 3.00. The zero-order valence-corrected chi connectivity index (χ0v) is 7.19. The largest absolute Gasteiger partial charge is 0.362 e. The van der Waals surface area contributed by atoms with Gasteiger partial charge < -0.3 is 9.84 Å². The second-order valence-electron chi connectivity index (χ2n) is 3.00. The van der Waals surface area contributed by atoms with Gasteiger partial charge in [-0.25, -0.2) is 4.79 Å². The summed E-state index contributed by atoms with van der Waals surface area (Å²) in [6.45, 7) is 0. The molecule has 1 heterocycles. The highest BCUT2D eigenvalue weighted by atomic mass is 16.5. The third-order valence-electron chi connectivity index (χ3n) is 1.84. The standard InChI is InChI=1S/C8H7N3O3/c12-4-9-6-3-14-11-7(6)8(13)10-5-1-2-5/h3,5H,1-2H2,(H,10,13). The van der Waals surface area contributed by atoms with Gasteiger partial charge in [0.2, 0.25) is 6.08 Å². The number of hydrogen-bond donors (Lipinski definition) is 1. The van der Waals surface area contributed by atoms with Gasteiger partial charge in [-0.15, -0.1) is 0 Å². The Hall–Kier alpha value is -1.94. The minimum Gasteiger partial charge on any atom is -0.362 e. The van der Waals surface area contributed by atoms with Crippen molar-refractivity contribution in [2.24, 2.45) is 4.99 Å². The first kappa shape index (κ1) is 8.65. The van der Waals surface area contributed by atoms with Crippen LogP contribution >= 0.6 is 0 Å². The molecule has 1 saturated carbocycles. The molecule has 0 bridgehead atoms. The monoisotopic (exact) mass is 193 g/mol. The first-order valence-corrected chi connectivity index (χ1v) is 4.14. The van der Waals surface area contributed by atoms with Crippen molar-refractivity contribution >= 4 is 17.7 Å². The molecule has 2 rings (SSSR count). The van der Waals surface area contributed by atoms with E-state index < -0.39 is 0 Å². The van der Waals surface area contributed by atoms with Gasteiger partial charge in [0.1, 0.15) is 5.69 Å². The molecule has 0 aromatic carbocycles. The maximum atomic E-state index is 11.4. The van der Waals surface area contributed by atoms with Gasteiger partial charge in [-0.3, -0.25) is 4.79 Å². The molecular weight excluding hydrogens is 186 g/mol. The molecule has 6 heteroatoms. The van der Waals surface area contributed by atoms with Gasteiger partial charge in [-0.1, -0.05) is 5.16 Å². The Morgan fingerprint density at radius 3 is 3.14 bits per heavy atom. The van der Waals surface area contributed by atoms with Gasteiger partial charge in [-0.2, -0.15) is 4.99 Å². The summed E-state index contributed by atoms with van der Waals surface area (Å²) >= 11 is 0. The molecule has 6 nitrogen and oxygen atoms in total. The number of rotatable bonds is 3. The van der Waals surface area contributed by atoms with E-state index in [1.165, 1.54) is 6.08 Å². The molecule has 1 aliphatic carbocycles. The van der Waals surface area contributed by atoms with Gasteiger partial charge >= 0.3 is 0 Å². The normalized spacial score (nSPS) is 14.6. The van der Waals surface area contributed by atoms with Crippen LogP contribution in [-0.4, -0.2) is 23.2 Å². The summed E-state index contributed by atoms with van der Waals surface area (Å²) in [4.78, 5) is 24.7. The molecule has 1 aliphatic rings. The zero-order valence-electron chi connectivity index (χ0n) is 7.19. The topological polar surface area (TPSA) is 84.6 Å². The fourth-order valence-electron chi connectivity index (χ4n) is 0.999. The van der Waals surface area contributed by atoms with E-state index in [4.69, 9.17) is 0 Å². The van der Waals surface area contributed by atoms with E-state index in [1.54, 1.807) is 0 Å². The Balaban J connectivity index is 2.16. The number of nitrogens with zero attached hydrogens (tertiary/aromatic N) is 2. The molecule has 1 fully saturated rings. The number of aliphatic imine (C=N–C) groups is 1. The van der Waals surface area contributed by atoms with E-state index in [-0.39, 0.29) is 23.3 Å². The van der Waals surface area contributed by atoms with Gasteiger partial charge in [0.25, 0.3) is 5.91 Å². The summed E-state index contributed by atoms with van der Waals surface area (Å²) in [5.74, 6) is -0.366. The fourth-order valence-corrected chi connectivity index (χ4v) is 0.999. The van der Waals surface area contributed by atoms with Crippen LogP contribution in [0.5, 0.6) is 0 Å². The average Bonchev–Trinajstić information content (AvgIpc) is 2.83. The highest BCUT2D eigenvalue weighted by Crippen LogP contribution is 2.21. The molecular formula is C8H7N3O3. The van der Waals surface area contributed by atoms with Gasteiger partial charge in [0, 0.05) is 6.04 Å². The molecule has 14 heavy (non-hydrogen) atoms. The number of nitrogens with one attached hydrogen (secondary N) is 1. The molecule has 0 unspecified atom stereocenters. The highest BCUT2D eigenvalue weighted by Gasteiger charge is 2.26. The van der Waals surface area contributed by atoms with Crippen LogP contribution in [0.15, 0.2) is 15.8 Å². The van der Waals surface area contributed by atoms with Gasteiger partial charge in [0.15, 0.2) is 12.0 Å². The van der Waals surface area contributed by atoms with Crippen molar-refractivity contribution in [2.45, 2.75) is 18.9 Å². The third-order valence-corrected chi connectivity index (χ3v) is 1.84. The van der Waals surface area contributed by atoms with Crippen molar-refractivity contribution in [1.82, 2.24) is 10.5 Å². The van der Waals surface area contributed by atoms with E-state index in [0.29, 0.717) is 0 Å². The minimum atomic E-state index is -0.366. The summed E-state index contributed by atoms with van der Waals surface area (Å²) in [5.41, 5.74) is 0.137. The first-order valence-electron chi connectivity index (χ1n) is 4.14. The maximum Gasteiger partial charge on any atom is 0.275 e. The summed E-state index contributed by atoms with van der Waals surface area (Å²) in [7, 11) is 0. The Morgan fingerprint density at radius 1 is 1.71 bits per heavy atom. The van der Waals surface area contributed by atoms with E-state index in [0.717, 1.165) is 19.1 Å². The van der Waals surface area contributed by atoms with Crippen molar-refractivity contribution in [3.63, 3.8) is 0 Å². The van der Waals surface area contributed by atoms with Crippen LogP contribution < -0.4 is 5.32 Å². The summed E-state index contributed by atoms with van der Waals surface area (Å²) in [6, 6.07) is 0.229. The van der Waals surface area contributed by atoms with Crippen LogP contribution in [-0.2, 0) is 4.79 Å². The molecule has 1 aromatic heterocycles. The van der Waals surface area contributed by atoms with Gasteiger partial charge in [0.05, 0.1) is 0 Å². The lowest BCUT2D eigenvalue weighted by Crippen LogP contribution is -2.25. The Labute approximate surface area is 79.0 Å². The molecule has 1 aromatic rings. The predicted molar refractivity (Wildman–Crippen MR) is 44.8 cm³/mol. The average molecular weight is 193 g/mol. The number of isocyanates is 1. The van der Waals surface area contributed by atoms with Crippen molar-refractivity contribution in [2.75, 3.05) is 0 Å². The predicted octanol–water partition coefficient (Wildman–Crippen LogP) is 0.534. The molecule has 0 radical (unpaired) electrons. The highest BCUT2D eigenvalue weighted by molar-refractivity contribution is 5.97. The van der Waals surface area contributed by atoms with E-state index in [1.807, 2.05) is 0 Å².